The molecule has 4 rings (SSSR count). The lowest BCUT2D eigenvalue weighted by Gasteiger charge is -2.34. The van der Waals surface area contributed by atoms with Crippen LogP contribution in [0.3, 0.4) is 0 Å². The number of ether oxygens (including phenoxy) is 1. The second-order valence-corrected chi connectivity index (χ2v) is 8.11. The summed E-state index contributed by atoms with van der Waals surface area (Å²) < 4.78 is 6.19. The number of carbonyl (C=O) groups is 2. The summed E-state index contributed by atoms with van der Waals surface area (Å²) >= 11 is 1.08. The van der Waals surface area contributed by atoms with Crippen LogP contribution in [0.25, 0.3) is 10.2 Å². The summed E-state index contributed by atoms with van der Waals surface area (Å²) in [5, 5.41) is 48.5. The smallest absolute Gasteiger partial charge is 0.415 e. The van der Waals surface area contributed by atoms with Crippen molar-refractivity contribution < 1.29 is 39.9 Å². The van der Waals surface area contributed by atoms with E-state index in [2.05, 4.69) is 4.98 Å². The molecule has 2 amide bonds. The van der Waals surface area contributed by atoms with Gasteiger partial charge in [-0.25, -0.2) is 9.78 Å². The van der Waals surface area contributed by atoms with Crippen LogP contribution in [-0.4, -0.2) is 82.5 Å². The van der Waals surface area contributed by atoms with Gasteiger partial charge in [-0.1, -0.05) is 0 Å². The first-order valence-corrected chi connectivity index (χ1v) is 10.3. The van der Waals surface area contributed by atoms with Crippen molar-refractivity contribution in [3.63, 3.8) is 0 Å². The molecule has 0 aliphatic carbocycles. The molecule has 0 bridgehead atoms. The largest absolute Gasteiger partial charge is 0.502 e. The van der Waals surface area contributed by atoms with E-state index >= 15 is 0 Å². The molecule has 1 saturated heterocycles. The minimum atomic E-state index is -1.18. The molecule has 14 heteroatoms. The van der Waals surface area contributed by atoms with Gasteiger partial charge in [0.25, 0.3) is 5.56 Å². The maximum atomic E-state index is 12.6. The SMILES string of the molecule is O=C(Cn1sc2ncccc2c1=O)N1CCN(C(=O)Oc2c(O)c(O)c(O)c(O)c2O)CC1. The van der Waals surface area contributed by atoms with Crippen LogP contribution in [0.5, 0.6) is 34.5 Å². The first-order valence-electron chi connectivity index (χ1n) is 9.57. The van der Waals surface area contributed by atoms with Crippen molar-refractivity contribution in [1.82, 2.24) is 18.7 Å². The Morgan fingerprint density at radius 1 is 0.939 bits per heavy atom. The van der Waals surface area contributed by atoms with Crippen LogP contribution in [0, 0.1) is 0 Å². The number of pyridine rings is 1. The molecule has 1 aliphatic heterocycles. The van der Waals surface area contributed by atoms with Crippen LogP contribution >= 0.6 is 11.5 Å². The third-order valence-corrected chi connectivity index (χ3v) is 6.12. The van der Waals surface area contributed by atoms with Crippen LogP contribution in [0.4, 0.5) is 4.79 Å². The van der Waals surface area contributed by atoms with E-state index in [9.17, 15) is 39.9 Å². The minimum Gasteiger partial charge on any atom is -0.502 e. The Labute approximate surface area is 188 Å². The summed E-state index contributed by atoms with van der Waals surface area (Å²) in [5.41, 5.74) is -0.307. The molecule has 33 heavy (non-hydrogen) atoms. The lowest BCUT2D eigenvalue weighted by atomic mass is 10.2. The summed E-state index contributed by atoms with van der Waals surface area (Å²) in [5.74, 6) is -7.03. The highest BCUT2D eigenvalue weighted by atomic mass is 32.1. The van der Waals surface area contributed by atoms with Crippen LogP contribution in [0.2, 0.25) is 0 Å². The summed E-state index contributed by atoms with van der Waals surface area (Å²) in [4.78, 5) is 44.7. The summed E-state index contributed by atoms with van der Waals surface area (Å²) in [6, 6.07) is 3.27. The van der Waals surface area contributed by atoms with Gasteiger partial charge in [0.15, 0.2) is 0 Å². The number of benzene rings is 1. The first kappa shape index (κ1) is 22.0. The van der Waals surface area contributed by atoms with Gasteiger partial charge in [-0.05, 0) is 23.7 Å². The van der Waals surface area contributed by atoms with E-state index in [-0.39, 0.29) is 44.2 Å². The number of hydrogen-bond donors (Lipinski definition) is 5. The fourth-order valence-corrected chi connectivity index (χ4v) is 4.21. The van der Waals surface area contributed by atoms with Crippen LogP contribution in [-0.2, 0) is 11.3 Å². The molecule has 1 aliphatic rings. The van der Waals surface area contributed by atoms with Gasteiger partial charge in [0.2, 0.25) is 40.4 Å². The topological polar surface area (TPSA) is 186 Å². The molecule has 0 radical (unpaired) electrons. The zero-order valence-corrected chi connectivity index (χ0v) is 17.7. The number of aromatic nitrogens is 2. The summed E-state index contributed by atoms with van der Waals surface area (Å²) in [7, 11) is 0. The highest BCUT2D eigenvalue weighted by Gasteiger charge is 2.30. The zero-order chi connectivity index (χ0) is 23.9. The number of piperazine rings is 1. The van der Waals surface area contributed by atoms with Gasteiger partial charge in [0.1, 0.15) is 11.4 Å². The lowest BCUT2D eigenvalue weighted by Crippen LogP contribution is -2.52. The van der Waals surface area contributed by atoms with E-state index in [4.69, 9.17) is 4.74 Å². The molecule has 0 spiro atoms. The average molecular weight is 478 g/mol. The molecule has 2 aromatic heterocycles. The Balaban J connectivity index is 1.39. The Bertz CT molecular complexity index is 1280. The molecule has 13 nitrogen and oxygen atoms in total. The zero-order valence-electron chi connectivity index (χ0n) is 16.8. The van der Waals surface area contributed by atoms with Gasteiger partial charge in [0.05, 0.1) is 5.39 Å². The van der Waals surface area contributed by atoms with Crippen molar-refractivity contribution in [2.45, 2.75) is 6.54 Å². The molecule has 0 atom stereocenters. The first-order chi connectivity index (χ1) is 15.7. The van der Waals surface area contributed by atoms with Crippen LogP contribution < -0.4 is 10.3 Å². The van der Waals surface area contributed by atoms with Crippen molar-refractivity contribution in [3.05, 3.63) is 28.7 Å². The quantitative estimate of drug-likeness (QED) is 0.259. The number of hydrogen-bond acceptors (Lipinski definition) is 11. The lowest BCUT2D eigenvalue weighted by molar-refractivity contribution is -0.133. The Morgan fingerprint density at radius 3 is 2.12 bits per heavy atom. The molecule has 0 unspecified atom stereocenters. The van der Waals surface area contributed by atoms with E-state index in [0.29, 0.717) is 10.2 Å². The van der Waals surface area contributed by atoms with Gasteiger partial charge in [-0.3, -0.25) is 13.5 Å². The average Bonchev–Trinajstić information content (AvgIpc) is 3.14. The van der Waals surface area contributed by atoms with Crippen molar-refractivity contribution in [2.75, 3.05) is 26.2 Å². The molecular formula is C19H18N4O9S. The van der Waals surface area contributed by atoms with Crippen molar-refractivity contribution in [1.29, 1.82) is 0 Å². The Hall–Kier alpha value is -4.20. The monoisotopic (exact) mass is 478 g/mol. The molecule has 1 aromatic carbocycles. The Kier molecular flexibility index (Phi) is 5.59. The maximum Gasteiger partial charge on any atom is 0.415 e. The third kappa shape index (κ3) is 3.91. The molecule has 1 fully saturated rings. The van der Waals surface area contributed by atoms with E-state index in [1.807, 2.05) is 0 Å². The van der Waals surface area contributed by atoms with Crippen molar-refractivity contribution >= 4 is 33.7 Å². The molecule has 174 valence electrons. The van der Waals surface area contributed by atoms with Gasteiger partial charge >= 0.3 is 6.09 Å². The predicted octanol–water partition coefficient (Wildman–Crippen LogP) is 0.329. The number of amides is 2. The van der Waals surface area contributed by atoms with Gasteiger partial charge in [-0.2, -0.15) is 0 Å². The van der Waals surface area contributed by atoms with Gasteiger partial charge in [-0.15, -0.1) is 0 Å². The molecule has 5 N–H and O–H groups in total. The fraction of sp³-hybridized carbons (Fsp3) is 0.263. The van der Waals surface area contributed by atoms with E-state index in [1.165, 1.54) is 13.8 Å². The maximum absolute atomic E-state index is 12.6. The van der Waals surface area contributed by atoms with Crippen LogP contribution in [0.15, 0.2) is 23.1 Å². The molecular weight excluding hydrogens is 460 g/mol. The van der Waals surface area contributed by atoms with Crippen molar-refractivity contribution in [2.24, 2.45) is 0 Å². The number of nitrogens with zero attached hydrogens (tertiary/aromatic N) is 4. The molecule has 3 heterocycles. The Morgan fingerprint density at radius 2 is 1.52 bits per heavy atom. The van der Waals surface area contributed by atoms with Gasteiger partial charge in [0, 0.05) is 32.4 Å². The predicted molar refractivity (Wildman–Crippen MR) is 113 cm³/mol. The van der Waals surface area contributed by atoms with E-state index in [0.717, 1.165) is 11.5 Å². The fourth-order valence-electron chi connectivity index (χ4n) is 3.28. The number of phenols is 5. The van der Waals surface area contributed by atoms with E-state index in [1.54, 1.807) is 18.3 Å². The second kappa shape index (κ2) is 8.38. The summed E-state index contributed by atoms with van der Waals surface area (Å²) in [6.07, 6.45) is 0.535. The number of aromatic hydroxyl groups is 5. The molecule has 3 aromatic rings. The number of carbonyl (C=O) groups excluding carboxylic acids is 2. The second-order valence-electron chi connectivity index (χ2n) is 7.10. The molecule has 0 saturated carbocycles. The minimum absolute atomic E-state index is 0.0466. The van der Waals surface area contributed by atoms with E-state index < -0.39 is 40.6 Å². The highest BCUT2D eigenvalue weighted by molar-refractivity contribution is 7.13. The van der Waals surface area contributed by atoms with Gasteiger partial charge < -0.3 is 40.1 Å². The number of rotatable bonds is 3. The third-order valence-electron chi connectivity index (χ3n) is 5.11. The standard InChI is InChI=1S/C19H18N4O9S/c24-10(8-23-18(30)9-2-1-3-20-17(9)33-23)21-4-6-22(7-5-21)19(31)32-16-14(28)12(26)11(25)13(27)15(16)29/h1-3,25-29H,4-8H2. The number of phenolic OH excluding ortho intramolecular Hbond substituents is 5. The van der Waals surface area contributed by atoms with Crippen LogP contribution in [0.1, 0.15) is 0 Å². The summed E-state index contributed by atoms with van der Waals surface area (Å²) in [6.45, 7) is 0.194. The normalized spacial score (nSPS) is 13.9. The number of fused-ring (bicyclic) bond motifs is 1. The highest BCUT2D eigenvalue weighted by Crippen LogP contribution is 2.55. The van der Waals surface area contributed by atoms with Crippen molar-refractivity contribution in [3.8, 4) is 34.5 Å².